The first-order valence-corrected chi connectivity index (χ1v) is 6.17. The molecule has 2 heterocycles. The summed E-state index contributed by atoms with van der Waals surface area (Å²) < 4.78 is 5.76. The van der Waals surface area contributed by atoms with Crippen LogP contribution >= 0.6 is 0 Å². The van der Waals surface area contributed by atoms with Gasteiger partial charge in [0.25, 0.3) is 0 Å². The lowest BCUT2D eigenvalue weighted by atomic mass is 9.89. The predicted molar refractivity (Wildman–Crippen MR) is 62.1 cm³/mol. The maximum atomic E-state index is 5.76. The molecule has 0 spiro atoms. The van der Waals surface area contributed by atoms with Crippen molar-refractivity contribution in [3.05, 3.63) is 0 Å². The van der Waals surface area contributed by atoms with E-state index in [-0.39, 0.29) is 5.60 Å². The van der Waals surface area contributed by atoms with E-state index in [9.17, 15) is 0 Å². The van der Waals surface area contributed by atoms with Crippen LogP contribution in [0.25, 0.3) is 0 Å². The third-order valence-corrected chi connectivity index (χ3v) is 3.81. The van der Waals surface area contributed by atoms with Crippen LogP contribution in [0.3, 0.4) is 0 Å². The van der Waals surface area contributed by atoms with Crippen molar-refractivity contribution < 1.29 is 4.74 Å². The van der Waals surface area contributed by atoms with E-state index in [4.69, 9.17) is 4.74 Å². The first-order valence-electron chi connectivity index (χ1n) is 6.17. The number of hydrogen-bond donors (Lipinski definition) is 2. The van der Waals surface area contributed by atoms with Gasteiger partial charge in [0.15, 0.2) is 0 Å². The summed E-state index contributed by atoms with van der Waals surface area (Å²) in [4.78, 5) is 0. The summed E-state index contributed by atoms with van der Waals surface area (Å²) in [7, 11) is 0. The van der Waals surface area contributed by atoms with Gasteiger partial charge in [-0.05, 0) is 38.1 Å². The molecule has 2 aliphatic heterocycles. The summed E-state index contributed by atoms with van der Waals surface area (Å²) in [5.41, 5.74) is 0.553. The van der Waals surface area contributed by atoms with Gasteiger partial charge < -0.3 is 15.4 Å². The molecule has 0 aromatic heterocycles. The van der Waals surface area contributed by atoms with Crippen LogP contribution in [0.15, 0.2) is 0 Å². The standard InChI is InChI=1S/C12H24N2O/c1-11(5-6-13-8-11)9-14-10-12(2)4-3-7-15-12/h13-14H,3-10H2,1-2H3. The SMILES string of the molecule is CC1(CNCC2(C)CCCO2)CCNC1. The molecule has 0 bridgehead atoms. The zero-order valence-electron chi connectivity index (χ0n) is 10.1. The first kappa shape index (κ1) is 11.4. The van der Waals surface area contributed by atoms with Crippen molar-refractivity contribution in [1.82, 2.24) is 10.6 Å². The Morgan fingerprint density at radius 1 is 1.27 bits per heavy atom. The molecule has 2 rings (SSSR count). The summed E-state index contributed by atoms with van der Waals surface area (Å²) in [5, 5.41) is 7.01. The number of ether oxygens (including phenoxy) is 1. The van der Waals surface area contributed by atoms with Gasteiger partial charge in [-0.2, -0.15) is 0 Å². The minimum absolute atomic E-state index is 0.0996. The summed E-state index contributed by atoms with van der Waals surface area (Å²) in [6, 6.07) is 0. The largest absolute Gasteiger partial charge is 0.374 e. The van der Waals surface area contributed by atoms with Gasteiger partial charge in [0.05, 0.1) is 5.60 Å². The second-order valence-corrected chi connectivity index (χ2v) is 5.74. The van der Waals surface area contributed by atoms with Gasteiger partial charge in [0.2, 0.25) is 0 Å². The third kappa shape index (κ3) is 2.92. The number of nitrogens with one attached hydrogen (secondary N) is 2. The highest BCUT2D eigenvalue weighted by molar-refractivity contribution is 4.88. The van der Waals surface area contributed by atoms with E-state index in [1.165, 1.54) is 25.8 Å². The molecule has 0 aromatic carbocycles. The summed E-state index contributed by atoms with van der Waals surface area (Å²) >= 11 is 0. The van der Waals surface area contributed by atoms with Crippen molar-refractivity contribution in [2.75, 3.05) is 32.8 Å². The fourth-order valence-electron chi connectivity index (χ4n) is 2.62. The van der Waals surface area contributed by atoms with E-state index >= 15 is 0 Å². The molecule has 2 unspecified atom stereocenters. The highest BCUT2D eigenvalue weighted by Gasteiger charge is 2.32. The van der Waals surface area contributed by atoms with Crippen LogP contribution < -0.4 is 10.6 Å². The van der Waals surface area contributed by atoms with E-state index < -0.39 is 0 Å². The average Bonchev–Trinajstić information content (AvgIpc) is 2.76. The van der Waals surface area contributed by atoms with Crippen LogP contribution in [0.5, 0.6) is 0 Å². The second-order valence-electron chi connectivity index (χ2n) is 5.74. The van der Waals surface area contributed by atoms with Gasteiger partial charge in [-0.25, -0.2) is 0 Å². The molecule has 0 saturated carbocycles. The van der Waals surface area contributed by atoms with Crippen LogP contribution in [-0.2, 0) is 4.74 Å². The second kappa shape index (κ2) is 4.40. The lowest BCUT2D eigenvalue weighted by molar-refractivity contribution is 0.0193. The lowest BCUT2D eigenvalue weighted by Gasteiger charge is -2.28. The number of hydrogen-bond acceptors (Lipinski definition) is 3. The van der Waals surface area contributed by atoms with Crippen molar-refractivity contribution in [1.29, 1.82) is 0 Å². The molecule has 15 heavy (non-hydrogen) atoms. The van der Waals surface area contributed by atoms with Gasteiger partial charge in [-0.3, -0.25) is 0 Å². The van der Waals surface area contributed by atoms with Crippen LogP contribution in [0.2, 0.25) is 0 Å². The van der Waals surface area contributed by atoms with Gasteiger partial charge in [-0.1, -0.05) is 6.92 Å². The molecule has 0 aliphatic carbocycles. The molecule has 88 valence electrons. The highest BCUT2D eigenvalue weighted by atomic mass is 16.5. The quantitative estimate of drug-likeness (QED) is 0.733. The van der Waals surface area contributed by atoms with Crippen molar-refractivity contribution in [2.24, 2.45) is 5.41 Å². The molecule has 0 radical (unpaired) electrons. The Kier molecular flexibility index (Phi) is 3.33. The molecule has 2 N–H and O–H groups in total. The first-order chi connectivity index (χ1) is 7.12. The Bertz CT molecular complexity index is 184. The predicted octanol–water partition coefficient (Wildman–Crippen LogP) is 1.14. The molecule has 2 aliphatic rings. The molecule has 0 amide bonds. The van der Waals surface area contributed by atoms with Crippen LogP contribution in [0.1, 0.15) is 33.1 Å². The third-order valence-electron chi connectivity index (χ3n) is 3.81. The monoisotopic (exact) mass is 212 g/mol. The molecule has 3 nitrogen and oxygen atoms in total. The maximum Gasteiger partial charge on any atom is 0.0779 e. The Balaban J connectivity index is 1.69. The van der Waals surface area contributed by atoms with Crippen LogP contribution in [-0.4, -0.2) is 38.4 Å². The van der Waals surface area contributed by atoms with Gasteiger partial charge in [0, 0.05) is 26.2 Å². The average molecular weight is 212 g/mol. The minimum atomic E-state index is 0.0996. The minimum Gasteiger partial charge on any atom is -0.374 e. The summed E-state index contributed by atoms with van der Waals surface area (Å²) in [6.07, 6.45) is 3.71. The lowest BCUT2D eigenvalue weighted by Crippen LogP contribution is -2.42. The van der Waals surface area contributed by atoms with Crippen LogP contribution in [0.4, 0.5) is 0 Å². The van der Waals surface area contributed by atoms with Gasteiger partial charge in [0.1, 0.15) is 0 Å². The Hall–Kier alpha value is -0.120. The molecular formula is C12H24N2O. The zero-order chi connectivity index (χ0) is 10.8. The summed E-state index contributed by atoms with van der Waals surface area (Å²) in [6.45, 7) is 9.96. The van der Waals surface area contributed by atoms with Crippen LogP contribution in [0, 0.1) is 5.41 Å². The molecular weight excluding hydrogens is 188 g/mol. The van der Waals surface area contributed by atoms with Gasteiger partial charge >= 0.3 is 0 Å². The Labute approximate surface area is 93.0 Å². The maximum absolute atomic E-state index is 5.76. The molecule has 2 fully saturated rings. The van der Waals surface area contributed by atoms with Crippen molar-refractivity contribution in [3.63, 3.8) is 0 Å². The molecule has 3 heteroatoms. The van der Waals surface area contributed by atoms with E-state index in [0.29, 0.717) is 5.41 Å². The number of rotatable bonds is 4. The molecule has 2 atom stereocenters. The van der Waals surface area contributed by atoms with Gasteiger partial charge in [-0.15, -0.1) is 0 Å². The van der Waals surface area contributed by atoms with E-state index in [0.717, 1.165) is 26.2 Å². The zero-order valence-corrected chi connectivity index (χ0v) is 10.1. The van der Waals surface area contributed by atoms with Crippen molar-refractivity contribution in [2.45, 2.75) is 38.7 Å². The Morgan fingerprint density at radius 2 is 2.13 bits per heavy atom. The summed E-state index contributed by atoms with van der Waals surface area (Å²) in [5.74, 6) is 0. The smallest absolute Gasteiger partial charge is 0.0779 e. The van der Waals surface area contributed by atoms with Crippen molar-refractivity contribution in [3.8, 4) is 0 Å². The Morgan fingerprint density at radius 3 is 2.73 bits per heavy atom. The topological polar surface area (TPSA) is 33.3 Å². The van der Waals surface area contributed by atoms with E-state index in [1.807, 2.05) is 0 Å². The fraction of sp³-hybridized carbons (Fsp3) is 1.00. The molecule has 2 saturated heterocycles. The fourth-order valence-corrected chi connectivity index (χ4v) is 2.62. The molecule has 0 aromatic rings. The normalized spacial score (nSPS) is 41.2. The highest BCUT2D eigenvalue weighted by Crippen LogP contribution is 2.26. The van der Waals surface area contributed by atoms with Crippen molar-refractivity contribution >= 4 is 0 Å². The van der Waals surface area contributed by atoms with E-state index in [1.54, 1.807) is 0 Å². The van der Waals surface area contributed by atoms with E-state index in [2.05, 4.69) is 24.5 Å².